The van der Waals surface area contributed by atoms with E-state index < -0.39 is 11.9 Å². The Hall–Kier alpha value is -1.96. The SMILES string of the molecule is O=C(O)COCCNC(=O)c1ncn[nH]1. The highest BCUT2D eigenvalue weighted by Gasteiger charge is 2.06. The minimum absolute atomic E-state index is 0.105. The van der Waals surface area contributed by atoms with Crippen molar-refractivity contribution in [3.63, 3.8) is 0 Å². The predicted molar refractivity (Wildman–Crippen MR) is 47.2 cm³/mol. The number of carbonyl (C=O) groups is 2. The van der Waals surface area contributed by atoms with Crippen molar-refractivity contribution in [1.82, 2.24) is 20.5 Å². The lowest BCUT2D eigenvalue weighted by Crippen LogP contribution is -2.28. The molecule has 0 aliphatic rings. The van der Waals surface area contributed by atoms with Gasteiger partial charge in [-0.15, -0.1) is 0 Å². The number of carbonyl (C=O) groups excluding carboxylic acids is 1. The molecule has 0 atom stereocenters. The molecule has 0 saturated carbocycles. The number of carboxylic acid groups (broad SMARTS) is 1. The quantitative estimate of drug-likeness (QED) is 0.503. The van der Waals surface area contributed by atoms with Crippen molar-refractivity contribution in [2.75, 3.05) is 19.8 Å². The van der Waals surface area contributed by atoms with Crippen molar-refractivity contribution in [2.45, 2.75) is 0 Å². The number of amides is 1. The third-order valence-corrected chi connectivity index (χ3v) is 1.39. The summed E-state index contributed by atoms with van der Waals surface area (Å²) in [7, 11) is 0. The Kier molecular flexibility index (Phi) is 4.23. The van der Waals surface area contributed by atoms with Gasteiger partial charge in [-0.05, 0) is 0 Å². The second-order valence-electron chi connectivity index (χ2n) is 2.54. The van der Waals surface area contributed by atoms with Crippen molar-refractivity contribution in [1.29, 1.82) is 0 Å². The molecule has 0 saturated heterocycles. The van der Waals surface area contributed by atoms with Crippen molar-refractivity contribution < 1.29 is 19.4 Å². The maximum absolute atomic E-state index is 11.2. The highest BCUT2D eigenvalue weighted by molar-refractivity contribution is 5.90. The summed E-state index contributed by atoms with van der Waals surface area (Å²) in [6.45, 7) is -0.0306. The van der Waals surface area contributed by atoms with Crippen LogP contribution in [0, 0.1) is 0 Å². The van der Waals surface area contributed by atoms with E-state index in [9.17, 15) is 9.59 Å². The van der Waals surface area contributed by atoms with Gasteiger partial charge in [0.05, 0.1) is 6.61 Å². The number of hydrogen-bond donors (Lipinski definition) is 3. The normalized spacial score (nSPS) is 9.87. The number of aromatic amines is 1. The lowest BCUT2D eigenvalue weighted by Gasteiger charge is -2.02. The van der Waals surface area contributed by atoms with Gasteiger partial charge in [-0.3, -0.25) is 9.89 Å². The Balaban J connectivity index is 2.10. The van der Waals surface area contributed by atoms with Crippen LogP contribution in [0.3, 0.4) is 0 Å². The summed E-state index contributed by atoms with van der Waals surface area (Å²) in [5.74, 6) is -1.35. The molecule has 8 heteroatoms. The molecule has 1 aromatic rings. The van der Waals surface area contributed by atoms with E-state index >= 15 is 0 Å². The second-order valence-corrected chi connectivity index (χ2v) is 2.54. The van der Waals surface area contributed by atoms with Gasteiger partial charge in [-0.1, -0.05) is 0 Å². The van der Waals surface area contributed by atoms with Gasteiger partial charge >= 0.3 is 5.97 Å². The lowest BCUT2D eigenvalue weighted by molar-refractivity contribution is -0.142. The van der Waals surface area contributed by atoms with Crippen LogP contribution in [0.15, 0.2) is 6.33 Å². The van der Waals surface area contributed by atoms with Gasteiger partial charge in [-0.2, -0.15) is 5.10 Å². The van der Waals surface area contributed by atoms with Crippen LogP contribution in [0.5, 0.6) is 0 Å². The molecule has 0 unspecified atom stereocenters. The first kappa shape index (κ1) is 11.1. The van der Waals surface area contributed by atoms with E-state index in [-0.39, 0.29) is 25.6 Å². The molecule has 0 bridgehead atoms. The van der Waals surface area contributed by atoms with E-state index in [4.69, 9.17) is 9.84 Å². The number of aliphatic carboxylic acids is 1. The first-order valence-corrected chi connectivity index (χ1v) is 4.13. The van der Waals surface area contributed by atoms with Crippen LogP contribution in [0.1, 0.15) is 10.6 Å². The van der Waals surface area contributed by atoms with Crippen LogP contribution in [0.2, 0.25) is 0 Å². The Bertz CT molecular complexity index is 324. The fourth-order valence-electron chi connectivity index (χ4n) is 0.795. The van der Waals surface area contributed by atoms with E-state index in [2.05, 4.69) is 20.5 Å². The maximum atomic E-state index is 11.2. The zero-order chi connectivity index (χ0) is 11.1. The summed E-state index contributed by atoms with van der Waals surface area (Å²) in [5.41, 5.74) is 0. The van der Waals surface area contributed by atoms with Gasteiger partial charge < -0.3 is 15.2 Å². The van der Waals surface area contributed by atoms with Crippen LogP contribution >= 0.6 is 0 Å². The number of nitrogens with one attached hydrogen (secondary N) is 2. The van der Waals surface area contributed by atoms with E-state index in [1.54, 1.807) is 0 Å². The number of carboxylic acids is 1. The first-order valence-electron chi connectivity index (χ1n) is 4.13. The molecule has 1 aromatic heterocycles. The minimum atomic E-state index is -1.04. The molecule has 0 aromatic carbocycles. The number of aromatic nitrogens is 3. The average molecular weight is 214 g/mol. The molecular weight excluding hydrogens is 204 g/mol. The molecule has 1 rings (SSSR count). The number of hydrogen-bond acceptors (Lipinski definition) is 5. The van der Waals surface area contributed by atoms with Crippen molar-refractivity contribution >= 4 is 11.9 Å². The lowest BCUT2D eigenvalue weighted by atomic mass is 10.5. The minimum Gasteiger partial charge on any atom is -0.480 e. The molecule has 0 aliphatic heterocycles. The largest absolute Gasteiger partial charge is 0.480 e. The smallest absolute Gasteiger partial charge is 0.329 e. The fourth-order valence-corrected chi connectivity index (χ4v) is 0.795. The predicted octanol–water partition coefficient (Wildman–Crippen LogP) is -1.36. The summed E-state index contributed by atoms with van der Waals surface area (Å²) < 4.78 is 4.70. The molecule has 8 nitrogen and oxygen atoms in total. The molecule has 1 heterocycles. The molecule has 0 spiro atoms. The standard InChI is InChI=1S/C7H10N4O4/c12-5(13)3-15-2-1-8-7(14)6-9-4-10-11-6/h4H,1-3H2,(H,8,14)(H,12,13)(H,9,10,11). The number of nitrogens with zero attached hydrogens (tertiary/aromatic N) is 2. The van der Waals surface area contributed by atoms with Crippen LogP contribution < -0.4 is 5.32 Å². The molecule has 0 aliphatic carbocycles. The summed E-state index contributed by atoms with van der Waals surface area (Å²) in [6, 6.07) is 0. The molecule has 3 N–H and O–H groups in total. The van der Waals surface area contributed by atoms with Gasteiger partial charge in [0.15, 0.2) is 0 Å². The highest BCUT2D eigenvalue weighted by atomic mass is 16.5. The third kappa shape index (κ3) is 4.18. The van der Waals surface area contributed by atoms with E-state index in [1.165, 1.54) is 6.33 Å². The summed E-state index contributed by atoms with van der Waals surface area (Å²) >= 11 is 0. The zero-order valence-electron chi connectivity index (χ0n) is 7.77. The van der Waals surface area contributed by atoms with E-state index in [1.807, 2.05) is 0 Å². The highest BCUT2D eigenvalue weighted by Crippen LogP contribution is 1.84. The average Bonchev–Trinajstić information content (AvgIpc) is 2.69. The van der Waals surface area contributed by atoms with Crippen LogP contribution in [0.25, 0.3) is 0 Å². The van der Waals surface area contributed by atoms with Crippen molar-refractivity contribution in [3.05, 3.63) is 12.2 Å². The first-order chi connectivity index (χ1) is 7.20. The summed E-state index contributed by atoms with van der Waals surface area (Å²) in [6.07, 6.45) is 1.22. The van der Waals surface area contributed by atoms with E-state index in [0.717, 1.165) is 0 Å². The maximum Gasteiger partial charge on any atom is 0.329 e. The van der Waals surface area contributed by atoms with Gasteiger partial charge in [0.25, 0.3) is 5.91 Å². The fraction of sp³-hybridized carbons (Fsp3) is 0.429. The Morgan fingerprint density at radius 3 is 3.00 bits per heavy atom. The van der Waals surface area contributed by atoms with Gasteiger partial charge in [0, 0.05) is 6.54 Å². The van der Waals surface area contributed by atoms with Crippen molar-refractivity contribution in [3.8, 4) is 0 Å². The summed E-state index contributed by atoms with van der Waals surface area (Å²) in [5, 5.41) is 16.6. The van der Waals surface area contributed by atoms with Gasteiger partial charge in [0.1, 0.15) is 12.9 Å². The molecule has 15 heavy (non-hydrogen) atoms. The monoisotopic (exact) mass is 214 g/mol. The molecule has 82 valence electrons. The Morgan fingerprint density at radius 2 is 2.40 bits per heavy atom. The molecular formula is C7H10N4O4. The zero-order valence-corrected chi connectivity index (χ0v) is 7.77. The number of ether oxygens (including phenoxy) is 1. The van der Waals surface area contributed by atoms with Gasteiger partial charge in [0.2, 0.25) is 5.82 Å². The number of rotatable bonds is 6. The Morgan fingerprint density at radius 1 is 1.60 bits per heavy atom. The number of H-pyrrole nitrogens is 1. The Labute approximate surface area is 84.7 Å². The molecule has 1 amide bonds. The second kappa shape index (κ2) is 5.70. The van der Waals surface area contributed by atoms with Crippen LogP contribution in [-0.4, -0.2) is 51.9 Å². The molecule has 0 fully saturated rings. The van der Waals surface area contributed by atoms with E-state index in [0.29, 0.717) is 0 Å². The summed E-state index contributed by atoms with van der Waals surface area (Å²) in [4.78, 5) is 24.9. The van der Waals surface area contributed by atoms with Gasteiger partial charge in [-0.25, -0.2) is 9.78 Å². The van der Waals surface area contributed by atoms with Crippen LogP contribution in [0.4, 0.5) is 0 Å². The molecule has 0 radical (unpaired) electrons. The van der Waals surface area contributed by atoms with Crippen LogP contribution in [-0.2, 0) is 9.53 Å². The van der Waals surface area contributed by atoms with Crippen molar-refractivity contribution in [2.24, 2.45) is 0 Å². The topological polar surface area (TPSA) is 117 Å². The third-order valence-electron chi connectivity index (χ3n) is 1.39.